The predicted molar refractivity (Wildman–Crippen MR) is 225 cm³/mol. The highest BCUT2D eigenvalue weighted by Gasteiger charge is 2.76. The van der Waals surface area contributed by atoms with Gasteiger partial charge < -0.3 is 14.2 Å². The molecule has 0 amide bonds. The van der Waals surface area contributed by atoms with Crippen LogP contribution in [0.4, 0.5) is 0 Å². The first-order valence-corrected chi connectivity index (χ1v) is 26.2. The second-order valence-corrected chi connectivity index (χ2v) is 28.8. The van der Waals surface area contributed by atoms with Gasteiger partial charge in [-0.2, -0.15) is 0 Å². The summed E-state index contributed by atoms with van der Waals surface area (Å²) in [5.41, 5.74) is 1.70. The van der Waals surface area contributed by atoms with Crippen molar-refractivity contribution < 1.29 is 14.2 Å². The van der Waals surface area contributed by atoms with E-state index in [1.54, 1.807) is 38.5 Å². The van der Waals surface area contributed by atoms with E-state index in [-0.39, 0.29) is 34.2 Å². The molecule has 316 valence electrons. The van der Waals surface area contributed by atoms with E-state index in [0.29, 0.717) is 21.7 Å². The van der Waals surface area contributed by atoms with Crippen molar-refractivity contribution in [3.8, 4) is 0 Å². The first-order chi connectivity index (χ1) is 27.2. The lowest BCUT2D eigenvalue weighted by Gasteiger charge is -2.65. The van der Waals surface area contributed by atoms with E-state index in [0.717, 1.165) is 84.2 Å². The zero-order valence-electron chi connectivity index (χ0n) is 37.1. The van der Waals surface area contributed by atoms with E-state index in [2.05, 4.69) is 27.7 Å². The molecule has 57 heavy (non-hydrogen) atoms. The van der Waals surface area contributed by atoms with Crippen LogP contribution >= 0.6 is 0 Å². The molecular weight excluding hydrogens is 697 g/mol. The highest BCUT2D eigenvalue weighted by atomic mass is 16.7. The van der Waals surface area contributed by atoms with Crippen LogP contribution in [0.2, 0.25) is 0 Å². The summed E-state index contributed by atoms with van der Waals surface area (Å²) < 4.78 is 23.6. The van der Waals surface area contributed by atoms with Gasteiger partial charge >= 0.3 is 0 Å². The van der Waals surface area contributed by atoms with Gasteiger partial charge in [-0.15, -0.1) is 0 Å². The minimum atomic E-state index is -0.136. The van der Waals surface area contributed by atoms with Crippen LogP contribution in [0.25, 0.3) is 0 Å². The molecule has 4 unspecified atom stereocenters. The van der Waals surface area contributed by atoms with Crippen molar-refractivity contribution in [2.24, 2.45) is 104 Å². The van der Waals surface area contributed by atoms with E-state index >= 15 is 0 Å². The number of ether oxygens (including phenoxy) is 3. The van der Waals surface area contributed by atoms with Gasteiger partial charge in [-0.1, -0.05) is 27.7 Å². The van der Waals surface area contributed by atoms with Crippen molar-refractivity contribution in [3.05, 3.63) is 0 Å². The van der Waals surface area contributed by atoms with Crippen LogP contribution in [-0.2, 0) is 14.2 Å². The molecule has 18 aliphatic rings. The van der Waals surface area contributed by atoms with Crippen molar-refractivity contribution in [2.45, 2.75) is 218 Å². The molecule has 0 radical (unpaired) electrons. The first-order valence-electron chi connectivity index (χ1n) is 26.2. The van der Waals surface area contributed by atoms with E-state index in [1.165, 1.54) is 128 Å². The Morgan fingerprint density at radius 2 is 0.596 bits per heavy atom. The monoisotopic (exact) mass is 779 g/mol. The zero-order valence-corrected chi connectivity index (χ0v) is 37.1. The molecule has 2 heterocycles. The third-order valence-corrected chi connectivity index (χ3v) is 23.6. The molecule has 16 aliphatic carbocycles. The lowest BCUT2D eigenvalue weighted by molar-refractivity contribution is -0.261. The van der Waals surface area contributed by atoms with Gasteiger partial charge in [0.2, 0.25) is 0 Å². The summed E-state index contributed by atoms with van der Waals surface area (Å²) in [4.78, 5) is 0. The topological polar surface area (TPSA) is 34.3 Å². The predicted octanol–water partition coefficient (Wildman–Crippen LogP) is 13.0. The fourth-order valence-electron chi connectivity index (χ4n) is 23.8. The third-order valence-electron chi connectivity index (χ3n) is 23.6. The highest BCUT2D eigenvalue weighted by Crippen LogP contribution is 2.74. The molecule has 0 aromatic heterocycles. The molecular formula is C54H82O3. The third kappa shape index (κ3) is 5.24. The Labute approximate surface area is 347 Å². The maximum Gasteiger partial charge on any atom is 0.123 e. The van der Waals surface area contributed by atoms with E-state index in [4.69, 9.17) is 14.2 Å². The van der Waals surface area contributed by atoms with Gasteiger partial charge in [-0.3, -0.25) is 0 Å². The smallest absolute Gasteiger partial charge is 0.123 e. The summed E-state index contributed by atoms with van der Waals surface area (Å²) in [5.74, 6) is 11.7. The maximum absolute atomic E-state index is 8.84. The molecule has 18 fully saturated rings. The molecule has 0 aromatic carbocycles. The van der Waals surface area contributed by atoms with E-state index in [9.17, 15) is 0 Å². The molecule has 0 spiro atoms. The minimum Gasteiger partial charge on any atom is -0.368 e. The fraction of sp³-hybridized carbons (Fsp3) is 1.00. The Hall–Kier alpha value is -0.120. The van der Waals surface area contributed by atoms with Crippen LogP contribution < -0.4 is 0 Å². The van der Waals surface area contributed by atoms with E-state index < -0.39 is 0 Å². The summed E-state index contributed by atoms with van der Waals surface area (Å²) in [7, 11) is 0. The van der Waals surface area contributed by atoms with Gasteiger partial charge in [0.1, 0.15) is 11.2 Å². The Bertz CT molecular complexity index is 1390. The molecule has 16 saturated carbocycles. The number of hydrogen-bond donors (Lipinski definition) is 0. The Morgan fingerprint density at radius 1 is 0.386 bits per heavy atom. The van der Waals surface area contributed by atoms with Gasteiger partial charge in [0.05, 0.1) is 25.4 Å². The molecule has 16 bridgehead atoms. The number of rotatable bonds is 12. The highest BCUT2D eigenvalue weighted by molar-refractivity contribution is 5.24. The summed E-state index contributed by atoms with van der Waals surface area (Å²) in [6.45, 7) is 12.8. The Kier molecular flexibility index (Phi) is 7.35. The zero-order chi connectivity index (χ0) is 38.0. The molecule has 2 aliphatic heterocycles. The number of hydrogen-bond acceptors (Lipinski definition) is 3. The lowest BCUT2D eigenvalue weighted by atomic mass is 9.43. The molecule has 2 saturated heterocycles. The van der Waals surface area contributed by atoms with Gasteiger partial charge in [0.15, 0.2) is 0 Å². The van der Waals surface area contributed by atoms with Crippen molar-refractivity contribution in [3.63, 3.8) is 0 Å². The average Bonchev–Trinajstić information content (AvgIpc) is 4.01. The molecule has 0 aromatic rings. The SMILES string of the molecule is CC(C)(CC12CC3CC(CC(C3)C1)C2)C1(C(OC(C23CC4CC(CC(C4)C2)C3)C2(C(C)(C)CC34CC5CC(CC(C5)C3)C4)CO2)C23CC4CC(CC(C4)C2)C3)CO1. The van der Waals surface area contributed by atoms with Gasteiger partial charge in [-0.05, 0) is 260 Å². The largest absolute Gasteiger partial charge is 0.368 e. The van der Waals surface area contributed by atoms with Gasteiger partial charge in [0.25, 0.3) is 0 Å². The first kappa shape index (κ1) is 36.4. The quantitative estimate of drug-likeness (QED) is 0.185. The fourth-order valence-corrected chi connectivity index (χ4v) is 23.8. The van der Waals surface area contributed by atoms with Gasteiger partial charge in [-0.25, -0.2) is 0 Å². The van der Waals surface area contributed by atoms with Crippen LogP contribution in [0, 0.1) is 104 Å². The van der Waals surface area contributed by atoms with Gasteiger partial charge in [0, 0.05) is 10.8 Å². The van der Waals surface area contributed by atoms with Crippen LogP contribution in [0.3, 0.4) is 0 Å². The summed E-state index contributed by atoms with van der Waals surface area (Å²) in [6.07, 6.45) is 39.3. The second-order valence-electron chi connectivity index (χ2n) is 28.8. The molecule has 4 atom stereocenters. The summed E-state index contributed by atoms with van der Waals surface area (Å²) >= 11 is 0. The number of epoxide rings is 2. The average molecular weight is 779 g/mol. The second kappa shape index (κ2) is 11.5. The Morgan fingerprint density at radius 3 is 0.807 bits per heavy atom. The van der Waals surface area contributed by atoms with Crippen LogP contribution in [0.1, 0.15) is 195 Å². The van der Waals surface area contributed by atoms with Crippen LogP contribution in [-0.4, -0.2) is 36.6 Å². The minimum absolute atomic E-state index is 0.130. The molecule has 3 nitrogen and oxygen atoms in total. The van der Waals surface area contributed by atoms with Crippen molar-refractivity contribution >= 4 is 0 Å². The summed E-state index contributed by atoms with van der Waals surface area (Å²) in [6, 6.07) is 0. The van der Waals surface area contributed by atoms with Crippen LogP contribution in [0.15, 0.2) is 0 Å². The molecule has 0 N–H and O–H groups in total. The Balaban J connectivity index is 0.870. The lowest BCUT2D eigenvalue weighted by Crippen LogP contribution is -2.66. The molecule has 3 heteroatoms. The normalized spacial score (nSPS) is 59.2. The van der Waals surface area contributed by atoms with Crippen LogP contribution in [0.5, 0.6) is 0 Å². The van der Waals surface area contributed by atoms with E-state index in [1.807, 2.05) is 0 Å². The molecule has 18 rings (SSSR count). The van der Waals surface area contributed by atoms with Crippen molar-refractivity contribution in [1.29, 1.82) is 0 Å². The summed E-state index contributed by atoms with van der Waals surface area (Å²) in [5, 5.41) is 0. The van der Waals surface area contributed by atoms with Crippen molar-refractivity contribution in [2.75, 3.05) is 13.2 Å². The standard InChI is InChI=1S/C54H82O3/c1-47(2,29-49-17-33-5-34(18-49)7-35(6-33)19-49)53(31-55-53)45(51-23-39-11-40(24-51)13-41(12-39)25-51)57-46(52-26-42-14-43(27-52)16-44(15-42)28-52)54(32-56-54)48(3,4)30-50-20-36-8-37(21-50)10-38(9-36)22-50/h33-46H,5-32H2,1-4H3. The maximum atomic E-state index is 8.84. The van der Waals surface area contributed by atoms with Crippen molar-refractivity contribution in [1.82, 2.24) is 0 Å².